The van der Waals surface area contributed by atoms with Crippen molar-refractivity contribution in [3.8, 4) is 0 Å². The third-order valence-corrected chi connectivity index (χ3v) is 9.12. The Morgan fingerprint density at radius 3 is 2.42 bits per heavy atom. The molecule has 0 aliphatic heterocycles. The topological polar surface area (TPSA) is 37.3 Å². The molecule has 186 valence electrons. The maximum Gasteiger partial charge on any atom is 0.314 e. The first-order valence-electron chi connectivity index (χ1n) is 13.5. The smallest absolute Gasteiger partial charge is 0.314 e. The first-order chi connectivity index (χ1) is 15.8. The Labute approximate surface area is 199 Å². The fourth-order valence-electron chi connectivity index (χ4n) is 7.24. The zero-order valence-electron chi connectivity index (χ0n) is 20.9. The number of carboxylic acids is 1. The summed E-state index contributed by atoms with van der Waals surface area (Å²) < 4.78 is 29.2. The molecule has 2 aliphatic rings. The summed E-state index contributed by atoms with van der Waals surface area (Å²) in [4.78, 5) is 12.8. The summed E-state index contributed by atoms with van der Waals surface area (Å²) in [5.74, 6) is -0.931. The summed E-state index contributed by atoms with van der Waals surface area (Å²) in [6.07, 6.45) is 14.2. The van der Waals surface area contributed by atoms with E-state index < -0.39 is 23.0 Å². The zero-order chi connectivity index (χ0) is 24.0. The number of carboxylic acid groups (broad SMARTS) is 1. The van der Waals surface area contributed by atoms with Gasteiger partial charge in [0, 0.05) is 5.56 Å². The Morgan fingerprint density at radius 2 is 1.79 bits per heavy atom. The number of benzene rings is 1. The third-order valence-electron chi connectivity index (χ3n) is 9.12. The van der Waals surface area contributed by atoms with Gasteiger partial charge >= 0.3 is 5.97 Å². The van der Waals surface area contributed by atoms with E-state index in [0.717, 1.165) is 37.7 Å². The molecule has 0 aromatic heterocycles. The van der Waals surface area contributed by atoms with Gasteiger partial charge in [-0.3, -0.25) is 4.79 Å². The van der Waals surface area contributed by atoms with E-state index in [1.54, 1.807) is 0 Å². The van der Waals surface area contributed by atoms with Gasteiger partial charge < -0.3 is 5.11 Å². The van der Waals surface area contributed by atoms with Gasteiger partial charge in [0.05, 0.1) is 5.41 Å². The zero-order valence-corrected chi connectivity index (χ0v) is 20.9. The maximum atomic E-state index is 15.0. The van der Waals surface area contributed by atoms with Crippen LogP contribution in [0.2, 0.25) is 0 Å². The van der Waals surface area contributed by atoms with Crippen LogP contribution >= 0.6 is 0 Å². The molecule has 2 unspecified atom stereocenters. The molecular weight excluding hydrogens is 418 g/mol. The minimum Gasteiger partial charge on any atom is -0.481 e. The van der Waals surface area contributed by atoms with Crippen molar-refractivity contribution in [1.82, 2.24) is 0 Å². The first kappa shape index (κ1) is 26.2. The fraction of sp³-hybridized carbons (Fsp3) is 0.759. The lowest BCUT2D eigenvalue weighted by Crippen LogP contribution is -2.51. The fourth-order valence-corrected chi connectivity index (χ4v) is 7.24. The van der Waals surface area contributed by atoms with E-state index in [1.807, 2.05) is 0 Å². The van der Waals surface area contributed by atoms with Gasteiger partial charge in [-0.1, -0.05) is 84.3 Å². The van der Waals surface area contributed by atoms with Crippen LogP contribution in [-0.2, 0) is 10.2 Å². The van der Waals surface area contributed by atoms with Gasteiger partial charge in [0.1, 0.15) is 0 Å². The van der Waals surface area contributed by atoms with Gasteiger partial charge in [0.15, 0.2) is 11.6 Å². The molecule has 0 radical (unpaired) electrons. The van der Waals surface area contributed by atoms with E-state index >= 15 is 0 Å². The van der Waals surface area contributed by atoms with Gasteiger partial charge in [-0.2, -0.15) is 0 Å². The SMILES string of the molecule is CCCCCC1CCC([C@@H]2CCC(C(=O)O)(c3cccc(F)c3F)[C@@H](C(C)CCC)C2)CC1. The molecule has 1 aromatic carbocycles. The van der Waals surface area contributed by atoms with Crippen molar-refractivity contribution in [3.63, 3.8) is 0 Å². The molecule has 2 nitrogen and oxygen atoms in total. The van der Waals surface area contributed by atoms with E-state index in [0.29, 0.717) is 18.3 Å². The summed E-state index contributed by atoms with van der Waals surface area (Å²) >= 11 is 0. The van der Waals surface area contributed by atoms with Gasteiger partial charge in [0.25, 0.3) is 0 Å². The normalized spacial score (nSPS) is 31.3. The van der Waals surface area contributed by atoms with Crippen LogP contribution in [-0.4, -0.2) is 11.1 Å². The van der Waals surface area contributed by atoms with Crippen molar-refractivity contribution in [1.29, 1.82) is 0 Å². The highest BCUT2D eigenvalue weighted by molar-refractivity contribution is 5.82. The number of rotatable bonds is 10. The van der Waals surface area contributed by atoms with Crippen LogP contribution in [0.15, 0.2) is 18.2 Å². The van der Waals surface area contributed by atoms with Crippen molar-refractivity contribution in [2.24, 2.45) is 29.6 Å². The van der Waals surface area contributed by atoms with Crippen LogP contribution in [0.4, 0.5) is 8.78 Å². The molecule has 2 aliphatic carbocycles. The Morgan fingerprint density at radius 1 is 1.06 bits per heavy atom. The molecule has 0 amide bonds. The number of unbranched alkanes of at least 4 members (excludes halogenated alkanes) is 2. The summed E-state index contributed by atoms with van der Waals surface area (Å²) in [6.45, 7) is 6.49. The second-order valence-corrected chi connectivity index (χ2v) is 11.1. The van der Waals surface area contributed by atoms with Gasteiger partial charge in [-0.15, -0.1) is 0 Å². The standard InChI is InChI=1S/C29H44F2O2/c1-4-6-7-10-21-13-15-22(16-14-21)23-17-18-29(28(32)33,25(19-23)20(3)9-5-2)24-11-8-12-26(30)27(24)31/h8,11-12,20-23,25H,4-7,9-10,13-19H2,1-3H3,(H,32,33)/t20?,21?,22?,23-,25-,29?/m1/s1. The molecule has 4 heteroatoms. The molecule has 4 atom stereocenters. The molecule has 3 rings (SSSR count). The number of hydrogen-bond acceptors (Lipinski definition) is 1. The van der Waals surface area contributed by atoms with Crippen molar-refractivity contribution in [2.75, 3.05) is 0 Å². The molecule has 0 bridgehead atoms. The molecule has 2 saturated carbocycles. The molecule has 33 heavy (non-hydrogen) atoms. The van der Waals surface area contributed by atoms with Gasteiger partial charge in [0.2, 0.25) is 0 Å². The summed E-state index contributed by atoms with van der Waals surface area (Å²) in [5, 5.41) is 10.5. The predicted molar refractivity (Wildman–Crippen MR) is 130 cm³/mol. The minimum absolute atomic E-state index is 0.0565. The van der Waals surface area contributed by atoms with Crippen molar-refractivity contribution in [3.05, 3.63) is 35.4 Å². The lowest BCUT2D eigenvalue weighted by atomic mass is 9.54. The van der Waals surface area contributed by atoms with Crippen LogP contribution < -0.4 is 0 Å². The van der Waals surface area contributed by atoms with Crippen molar-refractivity contribution >= 4 is 5.97 Å². The number of hydrogen-bond donors (Lipinski definition) is 1. The average molecular weight is 463 g/mol. The highest BCUT2D eigenvalue weighted by atomic mass is 19.2. The molecule has 1 N–H and O–H groups in total. The predicted octanol–water partition coefficient (Wildman–Crippen LogP) is 8.53. The molecular formula is C29H44F2O2. The maximum absolute atomic E-state index is 15.0. The molecule has 0 heterocycles. The minimum atomic E-state index is -1.34. The van der Waals surface area contributed by atoms with E-state index in [4.69, 9.17) is 0 Å². The molecule has 0 spiro atoms. The van der Waals surface area contributed by atoms with Crippen LogP contribution in [0.1, 0.15) is 110 Å². The molecule has 0 saturated heterocycles. The second-order valence-electron chi connectivity index (χ2n) is 11.1. The van der Waals surface area contributed by atoms with Crippen LogP contribution in [0, 0.1) is 41.2 Å². The third kappa shape index (κ3) is 5.62. The lowest BCUT2D eigenvalue weighted by molar-refractivity contribution is -0.151. The van der Waals surface area contributed by atoms with Crippen molar-refractivity contribution < 1.29 is 18.7 Å². The molecule has 2 fully saturated rings. The number of aliphatic carboxylic acids is 1. The monoisotopic (exact) mass is 462 g/mol. The summed E-state index contributed by atoms with van der Waals surface area (Å²) in [7, 11) is 0. The summed E-state index contributed by atoms with van der Waals surface area (Å²) in [6, 6.07) is 4.06. The van der Waals surface area contributed by atoms with Crippen LogP contribution in [0.5, 0.6) is 0 Å². The summed E-state index contributed by atoms with van der Waals surface area (Å²) in [5.41, 5.74) is -1.28. The van der Waals surface area contributed by atoms with Gasteiger partial charge in [-0.25, -0.2) is 8.78 Å². The quantitative estimate of drug-likeness (QED) is 0.354. The second kappa shape index (κ2) is 11.8. The highest BCUT2D eigenvalue weighted by Crippen LogP contribution is 2.54. The Bertz CT molecular complexity index is 771. The van der Waals surface area contributed by atoms with E-state index in [1.165, 1.54) is 63.5 Å². The number of halogens is 2. The first-order valence-corrected chi connectivity index (χ1v) is 13.5. The largest absolute Gasteiger partial charge is 0.481 e. The average Bonchev–Trinajstić information content (AvgIpc) is 2.81. The lowest BCUT2D eigenvalue weighted by Gasteiger charge is -2.49. The van der Waals surface area contributed by atoms with Gasteiger partial charge in [-0.05, 0) is 67.8 Å². The molecule has 1 aromatic rings. The highest BCUT2D eigenvalue weighted by Gasteiger charge is 2.54. The Hall–Kier alpha value is -1.45. The van der Waals surface area contributed by atoms with E-state index in [-0.39, 0.29) is 17.4 Å². The number of carbonyl (C=O) groups is 1. The Kier molecular flexibility index (Phi) is 9.35. The van der Waals surface area contributed by atoms with E-state index in [9.17, 15) is 18.7 Å². The van der Waals surface area contributed by atoms with Crippen LogP contribution in [0.25, 0.3) is 0 Å². The van der Waals surface area contributed by atoms with E-state index in [2.05, 4.69) is 20.8 Å². The van der Waals surface area contributed by atoms with Crippen LogP contribution in [0.3, 0.4) is 0 Å². The Balaban J connectivity index is 1.81. The van der Waals surface area contributed by atoms with Crippen molar-refractivity contribution in [2.45, 2.75) is 110 Å².